The molecule has 2 heterocycles. The van der Waals surface area contributed by atoms with Crippen LogP contribution in [0.1, 0.15) is 182 Å². The van der Waals surface area contributed by atoms with E-state index in [2.05, 4.69) is 20.9 Å². The van der Waals surface area contributed by atoms with E-state index < -0.39 is 71.2 Å². The van der Waals surface area contributed by atoms with Crippen molar-refractivity contribution in [1.82, 2.24) is 25.8 Å². The van der Waals surface area contributed by atoms with Crippen LogP contribution in [-0.4, -0.2) is 195 Å². The molecule has 0 spiro atoms. The molecule has 2 saturated heterocycles. The van der Waals surface area contributed by atoms with Gasteiger partial charge in [0.2, 0.25) is 17.7 Å². The van der Waals surface area contributed by atoms with Crippen LogP contribution < -0.4 is 21.7 Å². The summed E-state index contributed by atoms with van der Waals surface area (Å²) < 4.78 is 10.8. The Morgan fingerprint density at radius 1 is 0.449 bits per heavy atom. The fourth-order valence-electron chi connectivity index (χ4n) is 13.5. The quantitative estimate of drug-likeness (QED) is 0.0199. The molecule has 2 fully saturated rings. The highest BCUT2D eigenvalue weighted by atomic mass is 16.5. The van der Waals surface area contributed by atoms with Gasteiger partial charge < -0.3 is 56.7 Å². The second-order valence-electron chi connectivity index (χ2n) is 31.9. The summed E-state index contributed by atoms with van der Waals surface area (Å²) in [5.74, 6) is -4.82. The number of morpholine rings is 2. The summed E-state index contributed by atoms with van der Waals surface area (Å²) in [6, 6.07) is 35.6. The van der Waals surface area contributed by atoms with E-state index in [1.54, 1.807) is 20.8 Å². The van der Waals surface area contributed by atoms with Crippen LogP contribution in [0.5, 0.6) is 0 Å². The Hall–Kier alpha value is -6.92. The number of nitrogens with two attached hydrogens (primary N) is 1. The first kappa shape index (κ1) is 92.5. The van der Waals surface area contributed by atoms with E-state index in [1.807, 2.05) is 189 Å². The third kappa shape index (κ3) is 36.0. The molecule has 0 bridgehead atoms. The van der Waals surface area contributed by atoms with Gasteiger partial charge in [0.1, 0.15) is 17.7 Å². The van der Waals surface area contributed by atoms with Crippen molar-refractivity contribution in [2.45, 2.75) is 233 Å². The molecule has 0 radical (unpaired) electrons. The van der Waals surface area contributed by atoms with Crippen LogP contribution in [-0.2, 0) is 73.5 Å². The molecule has 21 heteroatoms. The highest BCUT2D eigenvalue weighted by Crippen LogP contribution is 2.27. The lowest BCUT2D eigenvalue weighted by molar-refractivity contribution is -0.144. The number of hydrogen-bond donors (Lipinski definition) is 9. The van der Waals surface area contributed by atoms with Gasteiger partial charge in [-0.1, -0.05) is 191 Å². The third-order valence-electron chi connectivity index (χ3n) is 20.3. The van der Waals surface area contributed by atoms with Gasteiger partial charge in [-0.15, -0.1) is 0 Å². The fourth-order valence-corrected chi connectivity index (χ4v) is 13.5. The maximum absolute atomic E-state index is 14.2. The highest BCUT2D eigenvalue weighted by Gasteiger charge is 2.39. The lowest BCUT2D eigenvalue weighted by atomic mass is 9.85. The monoisotopic (exact) mass is 1490 g/mol. The van der Waals surface area contributed by atoms with Crippen molar-refractivity contribution in [2.24, 2.45) is 53.1 Å². The lowest BCUT2D eigenvalue weighted by Crippen LogP contribution is -2.55. The number of carboxylic acids is 1. The average molecular weight is 1490 g/mol. The van der Waals surface area contributed by atoms with Crippen molar-refractivity contribution in [3.05, 3.63) is 144 Å². The summed E-state index contributed by atoms with van der Waals surface area (Å²) in [7, 11) is 0. The Morgan fingerprint density at radius 3 is 1.12 bits per heavy atom. The van der Waals surface area contributed by atoms with Gasteiger partial charge in [0.05, 0.1) is 80.9 Å². The molecular weight excluding hydrogens is 1360 g/mol. The molecule has 2 aliphatic heterocycles. The molecule has 0 aliphatic carbocycles. The van der Waals surface area contributed by atoms with Crippen LogP contribution >= 0.6 is 0 Å². The number of benzene rings is 4. The van der Waals surface area contributed by atoms with E-state index in [0.717, 1.165) is 28.7 Å². The summed E-state index contributed by atoms with van der Waals surface area (Å²) in [5.41, 5.74) is 7.16. The zero-order valence-corrected chi connectivity index (χ0v) is 66.3. The average Bonchev–Trinajstić information content (AvgIpc) is 0.850. The van der Waals surface area contributed by atoms with Crippen molar-refractivity contribution >= 4 is 46.8 Å². The highest BCUT2D eigenvalue weighted by molar-refractivity contribution is 5.95. The van der Waals surface area contributed by atoms with Crippen LogP contribution in [0.15, 0.2) is 121 Å². The van der Waals surface area contributed by atoms with Gasteiger partial charge in [-0.05, 0) is 137 Å². The minimum atomic E-state index is -1.41. The molecule has 3 amide bonds. The lowest BCUT2D eigenvalue weighted by Gasteiger charge is -2.36. The molecule has 4 aromatic carbocycles. The summed E-state index contributed by atoms with van der Waals surface area (Å²) in [5, 5.41) is 60.4. The number of ether oxygens (including phenoxy) is 2. The van der Waals surface area contributed by atoms with E-state index >= 15 is 0 Å². The largest absolute Gasteiger partial charge is 0.481 e. The molecule has 0 saturated carbocycles. The van der Waals surface area contributed by atoms with Crippen molar-refractivity contribution < 1.29 is 73.4 Å². The standard InChI is InChI=1S/C43H65N3O7.C33H44N2O6.C10H23NO2/c1-7-43(6,52)40(49)38(25-31(4)5)45-42(51)35(26-33-16-12-9-13-17-33)28-39(48)37(24-30(2)3)44-41(50)34(19-18-32-14-10-8-11-15-32)27-36(47)29-46-20-22-53-23-21-46;1-24(2)19-30(31(37)22-28(33(39)40)20-26-11-7-4-8-12-26)34-32(38)27(14-13-25-9-5-3-6-10-25)21-29(36)23-35-15-17-41-18-16-35;1-5-10(4,13)9(12)8(11)6-7(2)3/h8-17,30-31,34-35,37-38,40,49,52H,7,18-29H2,1-6H3,(H,44,50)(H,45,51);3-12,24,27-28,30H,13-23H2,1-2H3,(H,34,38)(H,39,40);7-9,12-13H,5-6,11H2,1-4H3/t34-,35-,37+,38+,40-,43-;27-,28-,30+;8-,9+,10+/m110/s1. The molecule has 596 valence electrons. The van der Waals surface area contributed by atoms with Gasteiger partial charge in [0.15, 0.2) is 11.6 Å². The normalized spacial score (nSPS) is 17.5. The van der Waals surface area contributed by atoms with Crippen molar-refractivity contribution in [1.29, 1.82) is 0 Å². The molecule has 12 atom stereocenters. The van der Waals surface area contributed by atoms with Gasteiger partial charge in [-0.3, -0.25) is 48.2 Å². The zero-order chi connectivity index (χ0) is 79.2. The number of aliphatic hydroxyl groups is 4. The fraction of sp³-hybridized carbons (Fsp3) is 0.628. The van der Waals surface area contributed by atoms with Crippen molar-refractivity contribution in [3.8, 4) is 0 Å². The number of carbonyl (C=O) groups is 8. The number of nitrogens with one attached hydrogen (secondary N) is 3. The first-order chi connectivity index (χ1) is 50.7. The van der Waals surface area contributed by atoms with Gasteiger partial charge in [-0.2, -0.15) is 0 Å². The van der Waals surface area contributed by atoms with E-state index in [0.29, 0.717) is 116 Å². The number of carboxylic acid groups (broad SMARTS) is 1. The minimum Gasteiger partial charge on any atom is -0.481 e. The number of aliphatic carboxylic acids is 1. The Bertz CT molecular complexity index is 3230. The van der Waals surface area contributed by atoms with Crippen LogP contribution in [0.4, 0.5) is 0 Å². The van der Waals surface area contributed by atoms with Gasteiger partial charge in [0.25, 0.3) is 0 Å². The number of nitrogens with zero attached hydrogens (tertiary/aromatic N) is 2. The minimum absolute atomic E-state index is 0.0133. The molecule has 6 rings (SSSR count). The Morgan fingerprint density at radius 2 is 0.776 bits per heavy atom. The smallest absolute Gasteiger partial charge is 0.307 e. The van der Waals surface area contributed by atoms with Gasteiger partial charge >= 0.3 is 5.97 Å². The summed E-state index contributed by atoms with van der Waals surface area (Å²) in [4.78, 5) is 112. The molecule has 10 N–H and O–H groups in total. The molecule has 0 aromatic heterocycles. The maximum atomic E-state index is 14.2. The number of ketones is 4. The number of hydrogen-bond acceptors (Lipinski definition) is 17. The van der Waals surface area contributed by atoms with Crippen LogP contribution in [0, 0.1) is 47.3 Å². The van der Waals surface area contributed by atoms with Crippen molar-refractivity contribution in [2.75, 3.05) is 65.7 Å². The zero-order valence-electron chi connectivity index (χ0n) is 66.3. The van der Waals surface area contributed by atoms with E-state index in [1.165, 1.54) is 0 Å². The second kappa shape index (κ2) is 48.6. The number of amides is 3. The van der Waals surface area contributed by atoms with Crippen LogP contribution in [0.25, 0.3) is 0 Å². The van der Waals surface area contributed by atoms with E-state index in [4.69, 9.17) is 15.2 Å². The first-order valence-electron chi connectivity index (χ1n) is 39.2. The second-order valence-corrected chi connectivity index (χ2v) is 31.9. The van der Waals surface area contributed by atoms with Gasteiger partial charge in [0, 0.05) is 75.7 Å². The number of Topliss-reactive ketones (excluding diaryl/α,β-unsaturated/α-hetero) is 4. The molecule has 2 aliphatic rings. The molecule has 21 nitrogen and oxygen atoms in total. The molecule has 4 aromatic rings. The number of carbonyl (C=O) groups excluding carboxylic acids is 7. The van der Waals surface area contributed by atoms with Crippen LogP contribution in [0.3, 0.4) is 0 Å². The number of aryl methyl sites for hydroxylation is 2. The molecule has 0 unspecified atom stereocenters. The summed E-state index contributed by atoms with van der Waals surface area (Å²) in [6.45, 7) is 28.3. The molecular formula is C86H132N6O15. The summed E-state index contributed by atoms with van der Waals surface area (Å²) in [6.07, 6.45) is 3.26. The Labute approximate surface area is 638 Å². The maximum Gasteiger partial charge on any atom is 0.307 e. The van der Waals surface area contributed by atoms with E-state index in [9.17, 15) is 63.9 Å². The predicted octanol–water partition coefficient (Wildman–Crippen LogP) is 9.77. The number of rotatable bonds is 45. The Balaban J connectivity index is 0.000000395. The SMILES string of the molecule is CC(C)C[C@H](NC(=O)[C@H](CCc1ccccc1)CC(=O)CN1CCOCC1)C(=O)C[C@@H](Cc1ccccc1)C(=O)O.CC[C@@](C)(O)[C@H](O)[C@@H](N)CC(C)C.CC[C@@](C)(O)[C@H](O)[C@H](CC(C)C)NC(=O)[C@@H](CC(=O)[C@H](CC(C)C)NC(=O)[C@H](CCc1ccccc1)CC(=O)CN1CCOCC1)Cc1ccccc1. The third-order valence-corrected chi connectivity index (χ3v) is 20.3. The number of aliphatic hydroxyl groups excluding tert-OH is 2. The van der Waals surface area contributed by atoms with Gasteiger partial charge in [-0.25, -0.2) is 0 Å². The predicted molar refractivity (Wildman–Crippen MR) is 420 cm³/mol. The van der Waals surface area contributed by atoms with E-state index in [-0.39, 0.29) is 116 Å². The van der Waals surface area contributed by atoms with Crippen LogP contribution in [0.2, 0.25) is 0 Å². The van der Waals surface area contributed by atoms with Crippen molar-refractivity contribution in [3.63, 3.8) is 0 Å². The first-order valence-corrected chi connectivity index (χ1v) is 39.2. The summed E-state index contributed by atoms with van der Waals surface area (Å²) >= 11 is 0. The Kier molecular flexibility index (Phi) is 42.0. The molecule has 107 heavy (non-hydrogen) atoms. The topological polar surface area (TPSA) is 325 Å².